The van der Waals surface area contributed by atoms with Gasteiger partial charge in [0, 0.05) is 20.0 Å². The van der Waals surface area contributed by atoms with Crippen molar-refractivity contribution in [1.82, 2.24) is 4.90 Å². The Bertz CT molecular complexity index is 738. The highest BCUT2D eigenvalue weighted by Gasteiger charge is 2.13. The van der Waals surface area contributed by atoms with Gasteiger partial charge in [-0.05, 0) is 76.4 Å². The smallest absolute Gasteiger partial charge is 0.305 e. The zero-order valence-corrected chi connectivity index (χ0v) is 40.2. The monoisotopic (exact) mass is 826 g/mol. The van der Waals surface area contributed by atoms with Gasteiger partial charge in [-0.2, -0.15) is 0 Å². The summed E-state index contributed by atoms with van der Waals surface area (Å²) >= 11 is 0. The first-order valence-electron chi connectivity index (χ1n) is 25.1. The molecule has 58 heavy (non-hydrogen) atoms. The average molecular weight is 826 g/mol. The van der Waals surface area contributed by atoms with E-state index >= 15 is 0 Å². The lowest BCUT2D eigenvalue weighted by Gasteiger charge is -2.19. The number of unbranched alkanes of at least 4 members (excludes halogenated alkanes) is 16. The molecule has 0 heterocycles. The van der Waals surface area contributed by atoms with E-state index in [1.54, 1.807) is 0 Å². The number of esters is 2. The maximum absolute atomic E-state index is 12.2. The molecule has 0 aliphatic heterocycles. The van der Waals surface area contributed by atoms with Gasteiger partial charge in [-0.3, -0.25) is 9.59 Å². The molecular weight excluding hydrogens is 723 g/mol. The van der Waals surface area contributed by atoms with Crippen molar-refractivity contribution >= 4 is 18.7 Å². The Balaban J connectivity index is -0.00000731. The van der Waals surface area contributed by atoms with Gasteiger partial charge in [0.2, 0.25) is 0 Å². The number of ether oxygens (including phenoxy) is 2. The summed E-state index contributed by atoms with van der Waals surface area (Å²) in [5.41, 5.74) is 0. The number of hydrogen-bond acceptors (Lipinski definition) is 7. The first-order valence-corrected chi connectivity index (χ1v) is 25.1. The number of nitrogens with zero attached hydrogens (tertiary/aromatic N) is 1. The molecule has 0 unspecified atom stereocenters. The normalized spacial score (nSPS) is 11.2. The third-order valence-electron chi connectivity index (χ3n) is 12.1. The Morgan fingerprint density at radius 3 is 1.03 bits per heavy atom. The van der Waals surface area contributed by atoms with Gasteiger partial charge in [-0.1, -0.05) is 202 Å². The quantitative estimate of drug-likeness (QED) is 0.0483. The second kappa shape index (κ2) is 51.7. The Hall–Kier alpha value is -1.47. The first kappa shape index (κ1) is 60.8. The highest BCUT2D eigenvalue weighted by atomic mass is 16.5. The lowest BCUT2D eigenvalue weighted by molar-refractivity contribution is -0.145. The minimum absolute atomic E-state index is 0.0177. The summed E-state index contributed by atoms with van der Waals surface area (Å²) in [5.74, 6) is 2.37. The molecule has 0 rings (SSSR count). The van der Waals surface area contributed by atoms with E-state index in [4.69, 9.17) is 19.4 Å². The van der Waals surface area contributed by atoms with Crippen LogP contribution in [0.1, 0.15) is 253 Å². The molecule has 1 N–H and O–H groups in total. The molecular formula is C51H103NO6. The van der Waals surface area contributed by atoms with Crippen LogP contribution in [0.3, 0.4) is 0 Å². The van der Waals surface area contributed by atoms with Gasteiger partial charge in [-0.25, -0.2) is 0 Å². The molecule has 0 aromatic carbocycles. The molecule has 0 aromatic rings. The van der Waals surface area contributed by atoms with Crippen LogP contribution >= 0.6 is 0 Å². The van der Waals surface area contributed by atoms with E-state index in [1.165, 1.54) is 173 Å². The van der Waals surface area contributed by atoms with Crippen LogP contribution in [-0.4, -0.2) is 69.2 Å². The second-order valence-electron chi connectivity index (χ2n) is 17.3. The van der Waals surface area contributed by atoms with Gasteiger partial charge in [0.15, 0.2) is 0 Å². The van der Waals surface area contributed by atoms with Crippen LogP contribution in [0.4, 0.5) is 0 Å². The third kappa shape index (κ3) is 45.6. The molecule has 7 nitrogen and oxygen atoms in total. The molecule has 0 spiro atoms. The van der Waals surface area contributed by atoms with Crippen molar-refractivity contribution in [3.05, 3.63) is 0 Å². The van der Waals surface area contributed by atoms with Crippen molar-refractivity contribution in [2.75, 3.05) is 40.5 Å². The molecule has 0 saturated heterocycles. The SMILES string of the molecule is C=O.CCCCC(CCCC)CCOC(=O)CCCCCCCCCC(CCCCCCCCCC(=O)OCCC(CCCC)CCCC)CCCN(C)CC.CO. The third-order valence-corrected chi connectivity index (χ3v) is 12.1. The highest BCUT2D eigenvalue weighted by Crippen LogP contribution is 2.25. The Morgan fingerprint density at radius 1 is 0.431 bits per heavy atom. The minimum Gasteiger partial charge on any atom is -0.466 e. The summed E-state index contributed by atoms with van der Waals surface area (Å²) in [6.45, 7) is 16.9. The van der Waals surface area contributed by atoms with Crippen LogP contribution in [-0.2, 0) is 23.9 Å². The maximum atomic E-state index is 12.2. The first-order chi connectivity index (χ1) is 28.4. The van der Waals surface area contributed by atoms with Crippen LogP contribution in [0.5, 0.6) is 0 Å². The predicted molar refractivity (Wildman–Crippen MR) is 250 cm³/mol. The van der Waals surface area contributed by atoms with E-state index in [1.807, 2.05) is 6.79 Å². The number of carbonyl (C=O) groups is 3. The summed E-state index contributed by atoms with van der Waals surface area (Å²) in [6, 6.07) is 0. The van der Waals surface area contributed by atoms with Crippen molar-refractivity contribution in [1.29, 1.82) is 0 Å². The largest absolute Gasteiger partial charge is 0.466 e. The molecule has 0 aliphatic carbocycles. The molecule has 0 bridgehead atoms. The number of carbonyl (C=O) groups excluding carboxylic acids is 3. The lowest BCUT2D eigenvalue weighted by atomic mass is 9.90. The minimum atomic E-state index is 0.0177. The van der Waals surface area contributed by atoms with Crippen molar-refractivity contribution in [3.63, 3.8) is 0 Å². The fraction of sp³-hybridized carbons (Fsp3) is 0.941. The number of rotatable bonds is 43. The summed E-state index contributed by atoms with van der Waals surface area (Å²) in [7, 11) is 3.25. The van der Waals surface area contributed by atoms with E-state index in [2.05, 4.69) is 46.6 Å². The van der Waals surface area contributed by atoms with Crippen molar-refractivity contribution < 1.29 is 29.0 Å². The Labute approximate surface area is 362 Å². The second-order valence-corrected chi connectivity index (χ2v) is 17.3. The fourth-order valence-electron chi connectivity index (χ4n) is 8.07. The Morgan fingerprint density at radius 2 is 0.707 bits per heavy atom. The Kier molecular flexibility index (Phi) is 54.2. The summed E-state index contributed by atoms with van der Waals surface area (Å²) in [5, 5.41) is 7.00. The summed E-state index contributed by atoms with van der Waals surface area (Å²) in [4.78, 5) is 34.9. The molecule has 0 saturated carbocycles. The van der Waals surface area contributed by atoms with Crippen molar-refractivity contribution in [2.24, 2.45) is 17.8 Å². The highest BCUT2D eigenvalue weighted by molar-refractivity contribution is 5.69. The zero-order valence-electron chi connectivity index (χ0n) is 40.2. The molecule has 0 aliphatic rings. The van der Waals surface area contributed by atoms with Gasteiger partial charge in [-0.15, -0.1) is 0 Å². The van der Waals surface area contributed by atoms with Gasteiger partial charge in [0.1, 0.15) is 6.79 Å². The predicted octanol–water partition coefficient (Wildman–Crippen LogP) is 14.6. The van der Waals surface area contributed by atoms with Gasteiger partial charge in [0.25, 0.3) is 0 Å². The number of aliphatic hydroxyl groups excluding tert-OH is 1. The van der Waals surface area contributed by atoms with Crippen LogP contribution in [0.25, 0.3) is 0 Å². The number of hydrogen-bond donors (Lipinski definition) is 1. The van der Waals surface area contributed by atoms with Crippen LogP contribution in [0.15, 0.2) is 0 Å². The van der Waals surface area contributed by atoms with E-state index in [0.29, 0.717) is 26.1 Å². The lowest BCUT2D eigenvalue weighted by Crippen LogP contribution is -2.19. The molecule has 0 fully saturated rings. The molecule has 348 valence electrons. The fourth-order valence-corrected chi connectivity index (χ4v) is 8.07. The molecule has 0 amide bonds. The number of aliphatic hydroxyl groups is 1. The van der Waals surface area contributed by atoms with Gasteiger partial charge < -0.3 is 24.3 Å². The molecule has 0 aromatic heterocycles. The van der Waals surface area contributed by atoms with E-state index < -0.39 is 0 Å². The van der Waals surface area contributed by atoms with Crippen LogP contribution in [0, 0.1) is 17.8 Å². The maximum Gasteiger partial charge on any atom is 0.305 e. The van der Waals surface area contributed by atoms with Gasteiger partial charge >= 0.3 is 11.9 Å². The molecule has 0 radical (unpaired) electrons. The average Bonchev–Trinajstić information content (AvgIpc) is 3.24. The molecule has 0 atom stereocenters. The van der Waals surface area contributed by atoms with E-state index in [0.717, 1.165) is 69.9 Å². The van der Waals surface area contributed by atoms with Crippen LogP contribution < -0.4 is 0 Å². The summed E-state index contributed by atoms with van der Waals surface area (Å²) in [6.07, 6.45) is 41.6. The van der Waals surface area contributed by atoms with Crippen molar-refractivity contribution in [2.45, 2.75) is 253 Å². The zero-order chi connectivity index (χ0) is 43.7. The van der Waals surface area contributed by atoms with Crippen molar-refractivity contribution in [3.8, 4) is 0 Å². The van der Waals surface area contributed by atoms with Gasteiger partial charge in [0.05, 0.1) is 13.2 Å². The molecule has 7 heteroatoms. The van der Waals surface area contributed by atoms with E-state index in [9.17, 15) is 9.59 Å². The standard InChI is InChI=1S/C49H97NO4.CH4O.CH2O/c1-7-12-31-46(32-13-8-2)40-43-53-48(51)38-28-24-20-16-18-22-26-35-45(37-30-42-50(6)11-5)36-27-23-19-17-21-25-29-39-49(52)54-44-41-47(33-14-9-3)34-15-10-4;2*1-2/h45-47H,7-44H2,1-6H3;2H,1H3;1H2. The topological polar surface area (TPSA) is 93.1 Å². The van der Waals surface area contributed by atoms with E-state index in [-0.39, 0.29) is 11.9 Å². The van der Waals surface area contributed by atoms with Crippen LogP contribution in [0.2, 0.25) is 0 Å². The summed E-state index contributed by atoms with van der Waals surface area (Å²) < 4.78 is 11.2.